The smallest absolute Gasteiger partial charge is 0.363 e. The number of fused-ring (bicyclic) bond motifs is 3. The van der Waals surface area contributed by atoms with E-state index in [1.165, 1.54) is 19.5 Å². The summed E-state index contributed by atoms with van der Waals surface area (Å²) in [4.78, 5) is 17.1. The number of aromatic nitrogens is 1. The van der Waals surface area contributed by atoms with Crippen LogP contribution < -0.4 is 13.9 Å². The molecule has 11 heteroatoms. The molecule has 0 aliphatic carbocycles. The number of halogens is 2. The van der Waals surface area contributed by atoms with Crippen molar-refractivity contribution in [2.24, 2.45) is 0 Å². The van der Waals surface area contributed by atoms with Crippen LogP contribution in [-0.4, -0.2) is 40.9 Å². The van der Waals surface area contributed by atoms with Crippen LogP contribution >= 0.6 is 23.2 Å². The molecule has 1 amide bonds. The van der Waals surface area contributed by atoms with Crippen molar-refractivity contribution in [3.8, 4) is 5.75 Å². The number of benzene rings is 2. The lowest BCUT2D eigenvalue weighted by atomic mass is 10.0. The quantitative estimate of drug-likeness (QED) is 0.290. The van der Waals surface area contributed by atoms with E-state index in [1.54, 1.807) is 44.4 Å². The summed E-state index contributed by atoms with van der Waals surface area (Å²) in [7, 11) is 4.70. The first-order chi connectivity index (χ1) is 15.1. The molecule has 0 fully saturated rings. The Hall–Kier alpha value is -2.69. The van der Waals surface area contributed by atoms with E-state index in [0.717, 1.165) is 0 Å². The van der Waals surface area contributed by atoms with Crippen LogP contribution in [0, 0.1) is 0 Å². The van der Waals surface area contributed by atoms with Crippen LogP contribution in [0.2, 0.25) is 10.0 Å². The molecule has 0 aliphatic rings. The molecular weight excluding hydrogens is 477 g/mol. The van der Waals surface area contributed by atoms with Gasteiger partial charge >= 0.3 is 11.3 Å². The van der Waals surface area contributed by atoms with Gasteiger partial charge in [-0.1, -0.05) is 23.2 Å². The Morgan fingerprint density at radius 1 is 1.19 bits per heavy atom. The lowest BCUT2D eigenvalue weighted by molar-refractivity contribution is 0.102. The second kappa shape index (κ2) is 8.34. The van der Waals surface area contributed by atoms with Crippen molar-refractivity contribution in [3.05, 3.63) is 58.3 Å². The van der Waals surface area contributed by atoms with Gasteiger partial charge in [0.25, 0.3) is 5.91 Å². The average Bonchev–Trinajstić information content (AvgIpc) is 3.14. The van der Waals surface area contributed by atoms with Crippen molar-refractivity contribution >= 4 is 73.7 Å². The van der Waals surface area contributed by atoms with Crippen molar-refractivity contribution in [2.45, 2.75) is 0 Å². The van der Waals surface area contributed by atoms with E-state index in [0.29, 0.717) is 33.4 Å². The number of hydrogen-bond donors (Lipinski definition) is 2. The number of rotatable bonds is 5. The molecule has 4 rings (SSSR count). The molecule has 32 heavy (non-hydrogen) atoms. The fourth-order valence-corrected chi connectivity index (χ4v) is 4.08. The summed E-state index contributed by atoms with van der Waals surface area (Å²) < 4.78 is 32.7. The van der Waals surface area contributed by atoms with Crippen molar-refractivity contribution in [1.29, 1.82) is 0 Å². The van der Waals surface area contributed by atoms with Gasteiger partial charge in [0.2, 0.25) is 0 Å². The molecule has 2 N–H and O–H groups in total. The summed E-state index contributed by atoms with van der Waals surface area (Å²) in [6.45, 7) is 0. The number of hydrogen-bond acceptors (Lipinski definition) is 5. The Bertz CT molecular complexity index is 1380. The zero-order valence-electron chi connectivity index (χ0n) is 17.2. The molecule has 1 unspecified atom stereocenters. The van der Waals surface area contributed by atoms with Crippen molar-refractivity contribution in [1.82, 2.24) is 8.87 Å². The maximum atomic E-state index is 13.2. The minimum Gasteiger partial charge on any atom is -0.493 e. The third-order valence-corrected chi connectivity index (χ3v) is 6.70. The van der Waals surface area contributed by atoms with Crippen LogP contribution in [0.1, 0.15) is 10.4 Å². The number of pyridine rings is 1. The zero-order valence-corrected chi connectivity index (χ0v) is 19.5. The number of quaternary nitrogens is 1. The highest BCUT2D eigenvalue weighted by atomic mass is 35.5. The van der Waals surface area contributed by atoms with Crippen molar-refractivity contribution < 1.29 is 22.7 Å². The first kappa shape index (κ1) is 22.5. The molecule has 2 aromatic heterocycles. The minimum atomic E-state index is -2.18. The van der Waals surface area contributed by atoms with Gasteiger partial charge in [0.15, 0.2) is 11.3 Å². The fourth-order valence-electron chi connectivity index (χ4n) is 3.33. The van der Waals surface area contributed by atoms with Gasteiger partial charge in [0, 0.05) is 35.3 Å². The third-order valence-electron chi connectivity index (χ3n) is 5.13. The lowest BCUT2D eigenvalue weighted by Crippen LogP contribution is -2.41. The van der Waals surface area contributed by atoms with Crippen LogP contribution in [-0.2, 0) is 11.3 Å². The van der Waals surface area contributed by atoms with Crippen LogP contribution in [0.5, 0.6) is 5.75 Å². The van der Waals surface area contributed by atoms with E-state index < -0.39 is 17.2 Å². The van der Waals surface area contributed by atoms with Crippen molar-refractivity contribution in [2.75, 3.05) is 26.5 Å². The highest BCUT2D eigenvalue weighted by molar-refractivity contribution is 7.78. The van der Waals surface area contributed by atoms with E-state index >= 15 is 0 Å². The number of carbonyl (C=O) groups is 1. The Labute approximate surface area is 195 Å². The van der Waals surface area contributed by atoms with Crippen LogP contribution in [0.15, 0.2) is 47.1 Å². The van der Waals surface area contributed by atoms with Gasteiger partial charge in [-0.2, -0.15) is 8.10 Å². The Kier molecular flexibility index (Phi) is 5.87. The molecule has 0 saturated carbocycles. The Morgan fingerprint density at radius 2 is 1.88 bits per heavy atom. The first-order valence-corrected chi connectivity index (χ1v) is 11.1. The molecule has 0 bridgehead atoms. The Morgan fingerprint density at radius 3 is 2.50 bits per heavy atom. The maximum Gasteiger partial charge on any atom is 0.363 e. The van der Waals surface area contributed by atoms with Crippen LogP contribution in [0.25, 0.3) is 21.9 Å². The number of carbonyl (C=O) groups excluding carboxylic acids is 1. The number of amides is 1. The number of methoxy groups -OCH3 is 1. The van der Waals surface area contributed by atoms with E-state index in [9.17, 15) is 13.6 Å². The van der Waals surface area contributed by atoms with Crippen molar-refractivity contribution in [3.63, 3.8) is 0 Å². The molecule has 0 saturated heterocycles. The highest BCUT2D eigenvalue weighted by Gasteiger charge is 2.29. The average molecular weight is 495 g/mol. The Balaban J connectivity index is 1.94. The summed E-state index contributed by atoms with van der Waals surface area (Å²) in [5.41, 5.74) is 1.94. The molecule has 0 radical (unpaired) electrons. The SMILES string of the molecule is COc1ccc(C(=O)Nc2c(Cl)cncc2Cl)c2c1oc1ccc([N+](C)(C)S(=O)O)cc12. The van der Waals surface area contributed by atoms with Gasteiger partial charge in [0.05, 0.1) is 42.5 Å². The lowest BCUT2D eigenvalue weighted by Gasteiger charge is -2.22. The zero-order chi connectivity index (χ0) is 23.2. The molecule has 2 heterocycles. The molecule has 1 atom stereocenters. The molecule has 4 aromatic rings. The van der Waals surface area contributed by atoms with Gasteiger partial charge in [-0.05, 0) is 18.2 Å². The van der Waals surface area contributed by atoms with Gasteiger partial charge in [-0.25, -0.2) is 0 Å². The minimum absolute atomic E-state index is 0.194. The number of nitrogens with one attached hydrogen (secondary N) is 1. The summed E-state index contributed by atoms with van der Waals surface area (Å²) in [5.74, 6) is -0.0333. The highest BCUT2D eigenvalue weighted by Crippen LogP contribution is 2.40. The standard InChI is InChI=1S/C21H17Cl2N3O5S/c1-26(2,32(28)29)11-4-6-16-13(8-11)18-12(5-7-17(30-3)20(18)31-16)21(27)25-19-14(22)9-24-10-15(19)23/h4-10H,1-3H3,(H-,24,25,27,28,29)/p+1. The third kappa shape index (κ3) is 3.72. The normalized spacial score (nSPS) is 12.8. The molecular formula is C21H18Cl2N3O5S+. The van der Waals surface area contributed by atoms with Gasteiger partial charge in [-0.15, -0.1) is 0 Å². The summed E-state index contributed by atoms with van der Waals surface area (Å²) in [6.07, 6.45) is 2.75. The molecule has 8 nitrogen and oxygen atoms in total. The van der Waals surface area contributed by atoms with Crippen LogP contribution in [0.3, 0.4) is 0 Å². The summed E-state index contributed by atoms with van der Waals surface area (Å²) >= 11 is 10.1. The fraction of sp³-hybridized carbons (Fsp3) is 0.143. The van der Waals surface area contributed by atoms with E-state index in [4.69, 9.17) is 32.4 Å². The summed E-state index contributed by atoms with van der Waals surface area (Å²) in [5, 5.41) is 4.19. The largest absolute Gasteiger partial charge is 0.493 e. The second-order valence-electron chi connectivity index (χ2n) is 7.32. The summed E-state index contributed by atoms with van der Waals surface area (Å²) in [6, 6.07) is 8.33. The van der Waals surface area contributed by atoms with E-state index in [-0.39, 0.29) is 25.2 Å². The first-order valence-electron chi connectivity index (χ1n) is 9.25. The molecule has 2 aromatic carbocycles. The monoisotopic (exact) mass is 494 g/mol. The van der Waals surface area contributed by atoms with Crippen LogP contribution in [0.4, 0.5) is 11.4 Å². The topological polar surface area (TPSA) is 102 Å². The number of anilines is 1. The van der Waals surface area contributed by atoms with Gasteiger partial charge in [0.1, 0.15) is 11.3 Å². The molecule has 0 spiro atoms. The maximum absolute atomic E-state index is 13.2. The van der Waals surface area contributed by atoms with Gasteiger partial charge < -0.3 is 14.5 Å². The van der Waals surface area contributed by atoms with E-state index in [1.807, 2.05) is 0 Å². The second-order valence-corrected chi connectivity index (χ2v) is 9.50. The predicted molar refractivity (Wildman–Crippen MR) is 127 cm³/mol. The molecule has 0 aliphatic heterocycles. The molecule has 166 valence electrons. The van der Waals surface area contributed by atoms with Gasteiger partial charge in [-0.3, -0.25) is 14.3 Å². The number of furan rings is 1. The predicted octanol–water partition coefficient (Wildman–Crippen LogP) is 5.25. The number of ether oxygens (including phenoxy) is 1. The van der Waals surface area contributed by atoms with E-state index in [2.05, 4.69) is 10.3 Å². The number of nitrogens with zero attached hydrogens (tertiary/aromatic N) is 2.